The zero-order valence-electron chi connectivity index (χ0n) is 14.3. The zero-order chi connectivity index (χ0) is 16.6. The second-order valence-corrected chi connectivity index (χ2v) is 6.98. The number of thiophene rings is 1. The van der Waals surface area contributed by atoms with Gasteiger partial charge in [-0.1, -0.05) is 12.1 Å². The summed E-state index contributed by atoms with van der Waals surface area (Å²) in [7, 11) is 0. The van der Waals surface area contributed by atoms with Gasteiger partial charge in [-0.25, -0.2) is 0 Å². The van der Waals surface area contributed by atoms with Gasteiger partial charge in [0.05, 0.1) is 12.6 Å². The van der Waals surface area contributed by atoms with Crippen molar-refractivity contribution in [1.29, 1.82) is 0 Å². The summed E-state index contributed by atoms with van der Waals surface area (Å²) in [5, 5.41) is 5.33. The Hall–Kier alpha value is -1.19. The highest BCUT2D eigenvalue weighted by atomic mass is 127. The Morgan fingerprint density at radius 2 is 2.12 bits per heavy atom. The third-order valence-corrected chi connectivity index (χ3v) is 5.27. The number of pyridine rings is 1. The minimum absolute atomic E-state index is 0. The van der Waals surface area contributed by atoms with Crippen LogP contribution in [0.2, 0.25) is 0 Å². The highest BCUT2D eigenvalue weighted by molar-refractivity contribution is 14.0. The SMILES string of the molecule is I.NC(=NCC(c1cccs1)N1CCCC1)NCCc1ccccn1. The molecular formula is C18H26IN5S. The van der Waals surface area contributed by atoms with Gasteiger partial charge >= 0.3 is 0 Å². The standard InChI is InChI=1S/C18H25N5S.HI/c19-18(21-10-8-15-6-1-2-9-20-15)22-14-16(17-7-5-13-24-17)23-11-3-4-12-23;/h1-2,5-7,9,13,16H,3-4,8,10-12,14H2,(H3,19,21,22);1H. The number of likely N-dealkylation sites (tertiary alicyclic amines) is 1. The monoisotopic (exact) mass is 471 g/mol. The molecule has 0 aliphatic carbocycles. The maximum absolute atomic E-state index is 6.04. The third-order valence-electron chi connectivity index (χ3n) is 4.30. The lowest BCUT2D eigenvalue weighted by Crippen LogP contribution is -2.35. The molecule has 1 aliphatic heterocycles. The molecule has 3 N–H and O–H groups in total. The fourth-order valence-electron chi connectivity index (χ4n) is 3.02. The van der Waals surface area contributed by atoms with E-state index in [9.17, 15) is 0 Å². The second-order valence-electron chi connectivity index (χ2n) is 6.00. The molecule has 0 bridgehead atoms. The molecule has 2 aromatic rings. The van der Waals surface area contributed by atoms with Crippen LogP contribution in [-0.4, -0.2) is 42.0 Å². The van der Waals surface area contributed by atoms with Gasteiger partial charge in [0.15, 0.2) is 5.96 Å². The van der Waals surface area contributed by atoms with E-state index in [0.29, 0.717) is 18.5 Å². The maximum atomic E-state index is 6.04. The number of nitrogens with two attached hydrogens (primary N) is 1. The van der Waals surface area contributed by atoms with Crippen molar-refractivity contribution in [1.82, 2.24) is 15.2 Å². The van der Waals surface area contributed by atoms with Crippen LogP contribution in [0.3, 0.4) is 0 Å². The van der Waals surface area contributed by atoms with E-state index in [1.807, 2.05) is 24.4 Å². The number of hydrogen-bond donors (Lipinski definition) is 2. The molecule has 5 nitrogen and oxygen atoms in total. The maximum Gasteiger partial charge on any atom is 0.188 e. The van der Waals surface area contributed by atoms with Gasteiger partial charge in [-0.05, 0) is 49.5 Å². The molecule has 0 aromatic carbocycles. The fraction of sp³-hybridized carbons (Fsp3) is 0.444. The Balaban J connectivity index is 0.00000225. The number of halogens is 1. The smallest absolute Gasteiger partial charge is 0.188 e. The Bertz CT molecular complexity index is 626. The Kier molecular flexibility index (Phi) is 8.63. The topological polar surface area (TPSA) is 66.5 Å². The fourth-order valence-corrected chi connectivity index (χ4v) is 3.88. The molecule has 3 heterocycles. The van der Waals surface area contributed by atoms with Crippen LogP contribution in [-0.2, 0) is 6.42 Å². The molecule has 2 aromatic heterocycles. The van der Waals surface area contributed by atoms with E-state index < -0.39 is 0 Å². The largest absolute Gasteiger partial charge is 0.370 e. The number of guanidine groups is 1. The Morgan fingerprint density at radius 3 is 2.80 bits per heavy atom. The molecule has 25 heavy (non-hydrogen) atoms. The molecular weight excluding hydrogens is 445 g/mol. The number of hydrogen-bond acceptors (Lipinski definition) is 4. The molecule has 1 aliphatic rings. The van der Waals surface area contributed by atoms with Gasteiger partial charge in [-0.3, -0.25) is 14.9 Å². The first-order valence-corrected chi connectivity index (χ1v) is 9.42. The van der Waals surface area contributed by atoms with Crippen LogP contribution in [0, 0.1) is 0 Å². The van der Waals surface area contributed by atoms with E-state index in [1.54, 1.807) is 11.3 Å². The number of aliphatic imine (C=N–C) groups is 1. The van der Waals surface area contributed by atoms with Crippen LogP contribution in [0.25, 0.3) is 0 Å². The summed E-state index contributed by atoms with van der Waals surface area (Å²) < 4.78 is 0. The molecule has 3 rings (SSSR count). The van der Waals surface area contributed by atoms with Crippen molar-refractivity contribution in [2.45, 2.75) is 25.3 Å². The third kappa shape index (κ3) is 6.23. The molecule has 1 atom stereocenters. The van der Waals surface area contributed by atoms with Crippen LogP contribution >= 0.6 is 35.3 Å². The van der Waals surface area contributed by atoms with Crippen molar-refractivity contribution in [3.05, 3.63) is 52.5 Å². The molecule has 1 fully saturated rings. The average Bonchev–Trinajstić information content (AvgIpc) is 3.30. The number of nitrogens with zero attached hydrogens (tertiary/aromatic N) is 3. The lowest BCUT2D eigenvalue weighted by Gasteiger charge is -2.25. The lowest BCUT2D eigenvalue weighted by atomic mass is 10.2. The summed E-state index contributed by atoms with van der Waals surface area (Å²) in [6, 6.07) is 10.6. The molecule has 7 heteroatoms. The Labute approximate surface area is 170 Å². The van der Waals surface area contributed by atoms with Crippen molar-refractivity contribution in [3.8, 4) is 0 Å². The van der Waals surface area contributed by atoms with Crippen LogP contribution in [0.4, 0.5) is 0 Å². The van der Waals surface area contributed by atoms with Gasteiger partial charge in [0.25, 0.3) is 0 Å². The molecule has 1 saturated heterocycles. The number of nitrogens with one attached hydrogen (secondary N) is 1. The minimum atomic E-state index is 0. The first kappa shape index (κ1) is 20.1. The summed E-state index contributed by atoms with van der Waals surface area (Å²) in [5.41, 5.74) is 7.10. The van der Waals surface area contributed by atoms with Crippen LogP contribution in [0.1, 0.15) is 29.5 Å². The van der Waals surface area contributed by atoms with Crippen molar-refractivity contribution < 1.29 is 0 Å². The van der Waals surface area contributed by atoms with E-state index in [2.05, 4.69) is 37.7 Å². The zero-order valence-corrected chi connectivity index (χ0v) is 17.5. The lowest BCUT2D eigenvalue weighted by molar-refractivity contribution is 0.255. The summed E-state index contributed by atoms with van der Waals surface area (Å²) in [6.07, 6.45) is 5.22. The average molecular weight is 471 g/mol. The van der Waals surface area contributed by atoms with Crippen LogP contribution < -0.4 is 11.1 Å². The van der Waals surface area contributed by atoms with Gasteiger partial charge in [-0.2, -0.15) is 0 Å². The van der Waals surface area contributed by atoms with Crippen molar-refractivity contribution >= 4 is 41.3 Å². The van der Waals surface area contributed by atoms with Gasteiger partial charge < -0.3 is 11.1 Å². The van der Waals surface area contributed by atoms with Crippen molar-refractivity contribution in [3.63, 3.8) is 0 Å². The predicted molar refractivity (Wildman–Crippen MR) is 116 cm³/mol. The number of rotatable bonds is 7. The van der Waals surface area contributed by atoms with E-state index >= 15 is 0 Å². The molecule has 0 radical (unpaired) electrons. The van der Waals surface area contributed by atoms with Crippen LogP contribution in [0.15, 0.2) is 46.9 Å². The molecule has 136 valence electrons. The van der Waals surface area contributed by atoms with Gasteiger partial charge in [0.2, 0.25) is 0 Å². The first-order valence-electron chi connectivity index (χ1n) is 8.54. The second kappa shape index (κ2) is 10.7. The summed E-state index contributed by atoms with van der Waals surface area (Å²) >= 11 is 1.80. The highest BCUT2D eigenvalue weighted by Gasteiger charge is 2.23. The van der Waals surface area contributed by atoms with Gasteiger partial charge in [0, 0.05) is 29.7 Å². The molecule has 1 unspecified atom stereocenters. The van der Waals surface area contributed by atoms with E-state index in [0.717, 1.165) is 31.7 Å². The van der Waals surface area contributed by atoms with Crippen molar-refractivity contribution in [2.75, 3.05) is 26.2 Å². The number of aromatic nitrogens is 1. The Morgan fingerprint density at radius 1 is 1.28 bits per heavy atom. The molecule has 0 amide bonds. The van der Waals surface area contributed by atoms with Crippen LogP contribution in [0.5, 0.6) is 0 Å². The first-order chi connectivity index (χ1) is 11.8. The summed E-state index contributed by atoms with van der Waals surface area (Å²) in [5.74, 6) is 0.520. The summed E-state index contributed by atoms with van der Waals surface area (Å²) in [6.45, 7) is 3.78. The predicted octanol–water partition coefficient (Wildman–Crippen LogP) is 3.05. The van der Waals surface area contributed by atoms with E-state index in [4.69, 9.17) is 5.73 Å². The minimum Gasteiger partial charge on any atom is -0.370 e. The highest BCUT2D eigenvalue weighted by Crippen LogP contribution is 2.28. The van der Waals surface area contributed by atoms with Gasteiger partial charge in [0.1, 0.15) is 0 Å². The van der Waals surface area contributed by atoms with E-state index in [1.165, 1.54) is 17.7 Å². The van der Waals surface area contributed by atoms with E-state index in [-0.39, 0.29) is 24.0 Å². The van der Waals surface area contributed by atoms with Gasteiger partial charge in [-0.15, -0.1) is 35.3 Å². The summed E-state index contributed by atoms with van der Waals surface area (Å²) in [4.78, 5) is 12.8. The molecule has 0 spiro atoms. The molecule has 0 saturated carbocycles. The van der Waals surface area contributed by atoms with Crippen molar-refractivity contribution in [2.24, 2.45) is 10.7 Å². The quantitative estimate of drug-likeness (QED) is 0.370. The normalized spacial score (nSPS) is 16.4.